The van der Waals surface area contributed by atoms with Crippen LogP contribution in [0.25, 0.3) is 0 Å². The van der Waals surface area contributed by atoms with Crippen molar-refractivity contribution >= 4 is 23.8 Å². The maximum absolute atomic E-state index is 12.5. The molecule has 4 fully saturated rings. The number of nitrogens with zero attached hydrogens (tertiary/aromatic N) is 2. The van der Waals surface area contributed by atoms with E-state index in [2.05, 4.69) is 41.8 Å². The molecule has 0 aromatic heterocycles. The summed E-state index contributed by atoms with van der Waals surface area (Å²) in [5, 5.41) is 26.8. The summed E-state index contributed by atoms with van der Waals surface area (Å²) in [4.78, 5) is 51.9. The fourth-order valence-corrected chi connectivity index (χ4v) is 8.97. The van der Waals surface area contributed by atoms with E-state index in [-0.39, 0.29) is 60.0 Å². The number of hydrogen-bond acceptors (Lipinski definition) is 10. The van der Waals surface area contributed by atoms with Gasteiger partial charge in [0.1, 0.15) is 22.8 Å². The van der Waals surface area contributed by atoms with Gasteiger partial charge in [-0.3, -0.25) is 9.59 Å². The summed E-state index contributed by atoms with van der Waals surface area (Å²) < 4.78 is 11.0. The molecule has 4 aromatic rings. The van der Waals surface area contributed by atoms with Gasteiger partial charge in [0, 0.05) is 62.9 Å². The summed E-state index contributed by atoms with van der Waals surface area (Å²) in [7, 11) is 0. The summed E-state index contributed by atoms with van der Waals surface area (Å²) in [6, 6.07) is 40.2. The van der Waals surface area contributed by atoms with Crippen molar-refractivity contribution in [3.63, 3.8) is 0 Å². The number of piperidine rings is 4. The smallest absolute Gasteiger partial charge is 0.410 e. The van der Waals surface area contributed by atoms with Gasteiger partial charge in [0.2, 0.25) is 0 Å². The highest BCUT2D eigenvalue weighted by molar-refractivity contribution is 5.85. The first-order chi connectivity index (χ1) is 33.1. The van der Waals surface area contributed by atoms with Crippen molar-refractivity contribution in [1.82, 2.24) is 20.4 Å². The SMILES string of the molecule is C[C@H]1CN(C(=O)OC(C)(C)C)[C@H](c2ccccc2)CC1=O.C[C@H]1CN(C(=O)OC(C)(C)C)[C@H](c2ccccc2)CC1O.C[C@H]1CN[C@H](c2ccccc2)CC1=O.C[C@H]1CN[C@H](c2ccccc2)CC1O. The number of aliphatic hydroxyl groups is 2. The minimum absolute atomic E-state index is 0.0532. The van der Waals surface area contributed by atoms with Crippen LogP contribution in [0, 0.1) is 23.7 Å². The highest BCUT2D eigenvalue weighted by Gasteiger charge is 2.39. The lowest BCUT2D eigenvalue weighted by Gasteiger charge is -2.41. The van der Waals surface area contributed by atoms with Crippen LogP contribution in [0.3, 0.4) is 0 Å². The normalized spacial score (nSPS) is 27.0. The average Bonchev–Trinajstić information content (AvgIpc) is 3.33. The highest BCUT2D eigenvalue weighted by atomic mass is 16.6. The molecule has 4 N–H and O–H groups in total. The number of hydrogen-bond donors (Lipinski definition) is 4. The molecular weight excluding hydrogens is 881 g/mol. The van der Waals surface area contributed by atoms with E-state index in [9.17, 15) is 29.4 Å². The van der Waals surface area contributed by atoms with Crippen molar-refractivity contribution in [3.8, 4) is 0 Å². The predicted octanol–water partition coefficient (Wildman–Crippen LogP) is 10.6. The molecule has 0 radical (unpaired) electrons. The van der Waals surface area contributed by atoms with E-state index in [4.69, 9.17) is 9.47 Å². The van der Waals surface area contributed by atoms with Gasteiger partial charge in [-0.05, 0) is 88.5 Å². The Balaban J connectivity index is 0.000000177. The second-order valence-electron chi connectivity index (χ2n) is 21.6. The minimum atomic E-state index is -0.539. The zero-order valence-corrected chi connectivity index (χ0v) is 43.2. The molecule has 0 aliphatic carbocycles. The Morgan fingerprint density at radius 2 is 0.900 bits per heavy atom. The van der Waals surface area contributed by atoms with Gasteiger partial charge in [-0.2, -0.15) is 0 Å². The molecule has 12 nitrogen and oxygen atoms in total. The summed E-state index contributed by atoms with van der Waals surface area (Å²) in [5.41, 5.74) is 3.45. The molecule has 380 valence electrons. The van der Waals surface area contributed by atoms with Gasteiger partial charge >= 0.3 is 12.2 Å². The molecule has 2 amide bonds. The molecule has 4 heterocycles. The van der Waals surface area contributed by atoms with Crippen molar-refractivity contribution in [2.75, 3.05) is 26.2 Å². The van der Waals surface area contributed by atoms with Gasteiger partial charge < -0.3 is 40.1 Å². The van der Waals surface area contributed by atoms with E-state index >= 15 is 0 Å². The molecule has 4 aliphatic rings. The Morgan fingerprint density at radius 1 is 0.500 bits per heavy atom. The average molecular weight is 961 g/mol. The molecule has 12 heteroatoms. The number of amides is 2. The molecule has 70 heavy (non-hydrogen) atoms. The highest BCUT2D eigenvalue weighted by Crippen LogP contribution is 2.35. The Kier molecular flexibility index (Phi) is 20.3. The van der Waals surface area contributed by atoms with E-state index in [1.807, 2.05) is 159 Å². The maximum Gasteiger partial charge on any atom is 0.410 e. The van der Waals surface area contributed by atoms with Gasteiger partial charge in [-0.25, -0.2) is 9.59 Å². The van der Waals surface area contributed by atoms with Crippen molar-refractivity contribution < 1.29 is 38.9 Å². The van der Waals surface area contributed by atoms with Crippen LogP contribution in [-0.2, 0) is 19.1 Å². The summed E-state index contributed by atoms with van der Waals surface area (Å²) >= 11 is 0. The van der Waals surface area contributed by atoms with Crippen LogP contribution in [-0.4, -0.2) is 93.4 Å². The molecular formula is C58H80N4O8. The lowest BCUT2D eigenvalue weighted by atomic mass is 9.88. The molecule has 0 saturated carbocycles. The molecule has 10 atom stereocenters. The number of aliphatic hydroxyl groups excluding tert-OH is 2. The van der Waals surface area contributed by atoms with Crippen LogP contribution in [0.5, 0.6) is 0 Å². The second kappa shape index (κ2) is 25.6. The molecule has 0 spiro atoms. The lowest BCUT2D eigenvalue weighted by Crippen LogP contribution is -2.48. The third kappa shape index (κ3) is 16.9. The summed E-state index contributed by atoms with van der Waals surface area (Å²) in [6.07, 6.45) is 1.13. The van der Waals surface area contributed by atoms with Gasteiger partial charge in [-0.1, -0.05) is 149 Å². The van der Waals surface area contributed by atoms with E-state index in [0.717, 1.165) is 30.6 Å². The van der Waals surface area contributed by atoms with Crippen molar-refractivity contribution in [1.29, 1.82) is 0 Å². The Hall–Kier alpha value is -5.40. The van der Waals surface area contributed by atoms with Crippen LogP contribution in [0.1, 0.15) is 141 Å². The Labute approximate surface area is 417 Å². The number of nitrogens with one attached hydrogen (secondary N) is 2. The standard InChI is InChI=1S/C17H25NO3.C17H23NO3.C12H17NO.C12H15NO/c2*1-12-11-18(16(20)21-17(2,3)4)14(10-15(12)19)13-8-6-5-7-9-13;2*1-9-8-13-11(7-12(9)14)10-5-3-2-4-6-10/h5-9,12,14-15,19H,10-11H2,1-4H3;5-9,12,14H,10-11H2,1-4H3;2-6,9,11-14H,7-8H2,1H3;2-6,9,11,13H,7-8H2,1H3/t12-,14-,15?;12-,14-;9-,11-,12?;9-,11-/m0000/s1. The van der Waals surface area contributed by atoms with E-state index in [0.29, 0.717) is 50.1 Å². The summed E-state index contributed by atoms with van der Waals surface area (Å²) in [6.45, 7) is 21.7. The first kappa shape index (κ1) is 55.5. The zero-order valence-electron chi connectivity index (χ0n) is 43.2. The number of rotatable bonds is 4. The summed E-state index contributed by atoms with van der Waals surface area (Å²) in [5.74, 6) is 1.03. The van der Waals surface area contributed by atoms with Gasteiger partial charge in [0.05, 0.1) is 24.3 Å². The minimum Gasteiger partial charge on any atom is -0.444 e. The van der Waals surface area contributed by atoms with Crippen LogP contribution in [0.4, 0.5) is 9.59 Å². The van der Waals surface area contributed by atoms with E-state index in [1.165, 1.54) is 11.1 Å². The van der Waals surface area contributed by atoms with Gasteiger partial charge in [0.15, 0.2) is 0 Å². The molecule has 8 rings (SSSR count). The number of likely N-dealkylation sites (tertiary alicyclic amines) is 2. The quantitative estimate of drug-likeness (QED) is 0.155. The van der Waals surface area contributed by atoms with Crippen molar-refractivity contribution in [2.24, 2.45) is 23.7 Å². The van der Waals surface area contributed by atoms with Crippen LogP contribution < -0.4 is 10.6 Å². The topological polar surface area (TPSA) is 158 Å². The van der Waals surface area contributed by atoms with Crippen LogP contribution >= 0.6 is 0 Å². The number of ether oxygens (including phenoxy) is 2. The molecule has 4 aliphatic heterocycles. The Morgan fingerprint density at radius 3 is 1.36 bits per heavy atom. The Bertz CT molecular complexity index is 2230. The fourth-order valence-electron chi connectivity index (χ4n) is 8.97. The van der Waals surface area contributed by atoms with Crippen molar-refractivity contribution in [2.45, 2.75) is 142 Å². The third-order valence-corrected chi connectivity index (χ3v) is 13.2. The van der Waals surface area contributed by atoms with E-state index < -0.39 is 17.3 Å². The monoisotopic (exact) mass is 961 g/mol. The van der Waals surface area contributed by atoms with Crippen molar-refractivity contribution in [3.05, 3.63) is 144 Å². The predicted molar refractivity (Wildman–Crippen MR) is 276 cm³/mol. The molecule has 2 unspecified atom stereocenters. The lowest BCUT2D eigenvalue weighted by molar-refractivity contribution is -0.127. The molecule has 4 aromatic carbocycles. The van der Waals surface area contributed by atoms with Crippen LogP contribution in [0.2, 0.25) is 0 Å². The first-order valence-electron chi connectivity index (χ1n) is 25.2. The first-order valence-corrected chi connectivity index (χ1v) is 25.2. The van der Waals surface area contributed by atoms with E-state index in [1.54, 1.807) is 9.80 Å². The number of Topliss-reactive ketones (excluding diaryl/α,β-unsaturated/α-hetero) is 2. The number of ketones is 2. The maximum atomic E-state index is 12.5. The third-order valence-electron chi connectivity index (χ3n) is 13.2. The molecule has 0 bridgehead atoms. The van der Waals surface area contributed by atoms with Gasteiger partial charge in [0.25, 0.3) is 0 Å². The second-order valence-corrected chi connectivity index (χ2v) is 21.6. The fraction of sp³-hybridized carbons (Fsp3) is 0.517. The number of carbonyl (C=O) groups is 4. The van der Waals surface area contributed by atoms with Crippen LogP contribution in [0.15, 0.2) is 121 Å². The number of benzene rings is 4. The largest absolute Gasteiger partial charge is 0.444 e. The van der Waals surface area contributed by atoms with Gasteiger partial charge in [-0.15, -0.1) is 0 Å². The number of carbonyl (C=O) groups excluding carboxylic acids is 4. The molecule has 4 saturated heterocycles. The zero-order chi connectivity index (χ0) is 51.2.